The number of amides is 1. The van der Waals surface area contributed by atoms with E-state index in [1.54, 1.807) is 0 Å². The van der Waals surface area contributed by atoms with Gasteiger partial charge in [-0.3, -0.25) is 14.6 Å². The first kappa shape index (κ1) is 17.3. The second-order valence-corrected chi connectivity index (χ2v) is 4.81. The van der Waals surface area contributed by atoms with Gasteiger partial charge in [-0.05, 0) is 31.2 Å². The molecule has 0 aliphatic carbocycles. The molecule has 2 rings (SSSR count). The largest absolute Gasteiger partial charge is 0.573 e. The monoisotopic (exact) mass is 343 g/mol. The van der Waals surface area contributed by atoms with Crippen molar-refractivity contribution in [2.75, 3.05) is 5.32 Å². The number of hydrogen-bond acceptors (Lipinski definition) is 4. The van der Waals surface area contributed by atoms with E-state index in [2.05, 4.69) is 15.0 Å². The van der Waals surface area contributed by atoms with Gasteiger partial charge in [0.1, 0.15) is 5.75 Å². The van der Waals surface area contributed by atoms with Crippen LogP contribution in [0.2, 0.25) is 0 Å². The van der Waals surface area contributed by atoms with Crippen LogP contribution in [-0.2, 0) is 11.2 Å². The van der Waals surface area contributed by atoms with Gasteiger partial charge in [0.15, 0.2) is 0 Å². The summed E-state index contributed by atoms with van der Waals surface area (Å²) in [5.41, 5.74) is -0.785. The van der Waals surface area contributed by atoms with Gasteiger partial charge in [-0.2, -0.15) is 0 Å². The molecule has 1 aromatic carbocycles. The molecule has 0 aliphatic heterocycles. The van der Waals surface area contributed by atoms with E-state index in [0.717, 1.165) is 12.1 Å². The molecule has 0 fully saturated rings. The van der Waals surface area contributed by atoms with Crippen LogP contribution in [0, 0.1) is 6.92 Å². The average Bonchev–Trinajstić information content (AvgIpc) is 2.43. The maximum absolute atomic E-state index is 12.0. The minimum atomic E-state index is -4.80. The van der Waals surface area contributed by atoms with E-state index >= 15 is 0 Å². The summed E-state index contributed by atoms with van der Waals surface area (Å²) in [5, 5.41) is 2.43. The summed E-state index contributed by atoms with van der Waals surface area (Å²) in [5.74, 6) is -0.992. The number of alkyl halides is 3. The number of nitrogens with one attached hydrogen (secondary N) is 3. The number of H-pyrrole nitrogens is 2. The van der Waals surface area contributed by atoms with Crippen molar-refractivity contribution < 1.29 is 22.7 Å². The van der Waals surface area contributed by atoms with Gasteiger partial charge >= 0.3 is 12.1 Å². The number of aromatic amines is 2. The van der Waals surface area contributed by atoms with Crippen LogP contribution in [0.1, 0.15) is 11.3 Å². The van der Waals surface area contributed by atoms with E-state index in [9.17, 15) is 27.6 Å². The van der Waals surface area contributed by atoms with Crippen molar-refractivity contribution in [3.63, 3.8) is 0 Å². The third-order valence-corrected chi connectivity index (χ3v) is 2.96. The Hall–Kier alpha value is -3.04. The zero-order valence-electron chi connectivity index (χ0n) is 12.3. The standard InChI is InChI=1S/C14H12F3N3O4/c1-7-10(12(22)20-13(23)18-7)6-11(21)19-8-2-4-9(5-3-8)24-14(15,16)17/h2-5H,6H2,1H3,(H,19,21)(H2,18,20,22,23). The van der Waals surface area contributed by atoms with Crippen molar-refractivity contribution in [2.24, 2.45) is 0 Å². The van der Waals surface area contributed by atoms with Gasteiger partial charge in [0.2, 0.25) is 5.91 Å². The van der Waals surface area contributed by atoms with E-state index in [1.807, 2.05) is 4.98 Å². The predicted octanol–water partition coefficient (Wildman–Crippen LogP) is 1.45. The molecule has 7 nitrogen and oxygen atoms in total. The van der Waals surface area contributed by atoms with Gasteiger partial charge in [-0.25, -0.2) is 4.79 Å². The zero-order valence-corrected chi connectivity index (χ0v) is 12.3. The normalized spacial score (nSPS) is 11.2. The number of carbonyl (C=O) groups excluding carboxylic acids is 1. The van der Waals surface area contributed by atoms with Gasteiger partial charge in [0, 0.05) is 16.9 Å². The molecule has 2 aromatic rings. The number of ether oxygens (including phenoxy) is 1. The summed E-state index contributed by atoms with van der Waals surface area (Å²) >= 11 is 0. The smallest absolute Gasteiger partial charge is 0.406 e. The van der Waals surface area contributed by atoms with Crippen molar-refractivity contribution >= 4 is 11.6 Å². The number of aryl methyl sites for hydroxylation is 1. The minimum Gasteiger partial charge on any atom is -0.406 e. The topological polar surface area (TPSA) is 104 Å². The van der Waals surface area contributed by atoms with Crippen LogP contribution in [-0.4, -0.2) is 22.2 Å². The number of hydrogen-bond donors (Lipinski definition) is 3. The highest BCUT2D eigenvalue weighted by Gasteiger charge is 2.30. The van der Waals surface area contributed by atoms with Crippen molar-refractivity contribution in [3.8, 4) is 5.75 Å². The van der Waals surface area contributed by atoms with Crippen molar-refractivity contribution in [1.82, 2.24) is 9.97 Å². The first-order valence-electron chi connectivity index (χ1n) is 6.62. The third kappa shape index (κ3) is 4.73. The fourth-order valence-corrected chi connectivity index (χ4v) is 1.94. The molecule has 0 spiro atoms. The van der Waals surface area contributed by atoms with Gasteiger partial charge in [0.25, 0.3) is 5.56 Å². The Morgan fingerprint density at radius 2 is 1.79 bits per heavy atom. The maximum atomic E-state index is 12.0. The highest BCUT2D eigenvalue weighted by atomic mass is 19.4. The molecule has 1 aromatic heterocycles. The molecular weight excluding hydrogens is 331 g/mol. The summed E-state index contributed by atoms with van der Waals surface area (Å²) in [7, 11) is 0. The summed E-state index contributed by atoms with van der Waals surface area (Å²) < 4.78 is 39.9. The molecule has 24 heavy (non-hydrogen) atoms. The van der Waals surface area contributed by atoms with E-state index in [-0.39, 0.29) is 23.4 Å². The quantitative estimate of drug-likeness (QED) is 0.781. The molecule has 0 unspecified atom stereocenters. The van der Waals surface area contributed by atoms with Gasteiger partial charge in [-0.15, -0.1) is 13.2 Å². The summed E-state index contributed by atoms with van der Waals surface area (Å²) in [6.07, 6.45) is -5.10. The van der Waals surface area contributed by atoms with E-state index < -0.39 is 29.3 Å². The molecule has 0 aliphatic rings. The van der Waals surface area contributed by atoms with Crippen LogP contribution in [0.4, 0.5) is 18.9 Å². The number of aromatic nitrogens is 2. The highest BCUT2D eigenvalue weighted by Crippen LogP contribution is 2.23. The predicted molar refractivity (Wildman–Crippen MR) is 77.9 cm³/mol. The SMILES string of the molecule is Cc1[nH]c(=O)[nH]c(=O)c1CC(=O)Nc1ccc(OC(F)(F)F)cc1. The Morgan fingerprint density at radius 3 is 2.33 bits per heavy atom. The van der Waals surface area contributed by atoms with Crippen LogP contribution in [0.3, 0.4) is 0 Å². The van der Waals surface area contributed by atoms with Crippen LogP contribution < -0.4 is 21.3 Å². The molecule has 0 atom stereocenters. The number of halogens is 3. The number of rotatable bonds is 4. The number of benzene rings is 1. The molecule has 0 saturated heterocycles. The lowest BCUT2D eigenvalue weighted by Gasteiger charge is -2.10. The summed E-state index contributed by atoms with van der Waals surface area (Å²) in [6, 6.07) is 4.54. The lowest BCUT2D eigenvalue weighted by Crippen LogP contribution is -2.29. The van der Waals surface area contributed by atoms with E-state index in [0.29, 0.717) is 0 Å². The Balaban J connectivity index is 2.05. The van der Waals surface area contributed by atoms with Gasteiger partial charge in [-0.1, -0.05) is 0 Å². The number of anilines is 1. The number of carbonyl (C=O) groups is 1. The van der Waals surface area contributed by atoms with Gasteiger partial charge in [0.05, 0.1) is 6.42 Å². The average molecular weight is 343 g/mol. The molecule has 0 saturated carbocycles. The lowest BCUT2D eigenvalue weighted by molar-refractivity contribution is -0.274. The third-order valence-electron chi connectivity index (χ3n) is 2.96. The summed E-state index contributed by atoms with van der Waals surface area (Å²) in [4.78, 5) is 39.0. The molecule has 1 amide bonds. The van der Waals surface area contributed by atoms with Crippen molar-refractivity contribution in [2.45, 2.75) is 19.7 Å². The van der Waals surface area contributed by atoms with Crippen LogP contribution in [0.5, 0.6) is 5.75 Å². The Kier molecular flexibility index (Phi) is 4.77. The van der Waals surface area contributed by atoms with Crippen LogP contribution in [0.25, 0.3) is 0 Å². The first-order chi connectivity index (χ1) is 11.1. The lowest BCUT2D eigenvalue weighted by atomic mass is 10.1. The van der Waals surface area contributed by atoms with Crippen LogP contribution >= 0.6 is 0 Å². The second-order valence-electron chi connectivity index (χ2n) is 4.81. The Bertz CT molecular complexity index is 853. The van der Waals surface area contributed by atoms with E-state index in [1.165, 1.54) is 19.1 Å². The second kappa shape index (κ2) is 6.60. The molecule has 3 N–H and O–H groups in total. The van der Waals surface area contributed by atoms with Crippen molar-refractivity contribution in [1.29, 1.82) is 0 Å². The molecule has 1 heterocycles. The zero-order chi connectivity index (χ0) is 17.9. The highest BCUT2D eigenvalue weighted by molar-refractivity contribution is 5.92. The van der Waals surface area contributed by atoms with Gasteiger partial charge < -0.3 is 15.0 Å². The fourth-order valence-electron chi connectivity index (χ4n) is 1.94. The first-order valence-corrected chi connectivity index (χ1v) is 6.62. The Morgan fingerprint density at radius 1 is 1.17 bits per heavy atom. The molecular formula is C14H12F3N3O4. The molecule has 128 valence electrons. The molecule has 0 bridgehead atoms. The maximum Gasteiger partial charge on any atom is 0.573 e. The summed E-state index contributed by atoms with van der Waals surface area (Å²) in [6.45, 7) is 1.47. The van der Waals surface area contributed by atoms with Crippen LogP contribution in [0.15, 0.2) is 33.9 Å². The fraction of sp³-hybridized carbons (Fsp3) is 0.214. The molecule has 0 radical (unpaired) electrons. The minimum absolute atomic E-state index is 0.0872. The Labute approximate surface area is 132 Å². The molecule has 10 heteroatoms. The van der Waals surface area contributed by atoms with Crippen molar-refractivity contribution in [3.05, 3.63) is 56.4 Å². The van der Waals surface area contributed by atoms with E-state index in [4.69, 9.17) is 0 Å².